The topological polar surface area (TPSA) is 92.8 Å². The minimum atomic E-state index is -1.09. The fraction of sp³-hybridized carbons (Fsp3) is 0.429. The maximum absolute atomic E-state index is 13.4. The molecule has 35 heavy (non-hydrogen) atoms. The molecule has 1 saturated heterocycles. The van der Waals surface area contributed by atoms with Gasteiger partial charge in [0.15, 0.2) is 6.61 Å². The Balaban J connectivity index is 1.32. The average molecular weight is 475 g/mol. The largest absolute Gasteiger partial charge is 0.454 e. The molecule has 2 saturated carbocycles. The third-order valence-corrected chi connectivity index (χ3v) is 7.83. The number of hydrogen-bond acceptors (Lipinski definition) is 5. The highest BCUT2D eigenvalue weighted by atomic mass is 16.5. The van der Waals surface area contributed by atoms with Crippen molar-refractivity contribution in [2.24, 2.45) is 23.7 Å². The smallest absolute Gasteiger partial charge is 0.330 e. The van der Waals surface area contributed by atoms with Crippen molar-refractivity contribution in [1.29, 1.82) is 0 Å². The molecule has 7 heteroatoms. The zero-order valence-electron chi connectivity index (χ0n) is 20.0. The van der Waals surface area contributed by atoms with Gasteiger partial charge in [-0.2, -0.15) is 0 Å². The van der Waals surface area contributed by atoms with E-state index >= 15 is 0 Å². The van der Waals surface area contributed by atoms with E-state index in [0.717, 1.165) is 40.9 Å². The van der Waals surface area contributed by atoms with E-state index in [4.69, 9.17) is 4.74 Å². The van der Waals surface area contributed by atoms with E-state index in [2.05, 4.69) is 5.32 Å². The number of amides is 3. The molecule has 3 amide bonds. The van der Waals surface area contributed by atoms with Gasteiger partial charge in [0.1, 0.15) is 6.04 Å². The first-order valence-electron chi connectivity index (χ1n) is 12.3. The average Bonchev–Trinajstić information content (AvgIpc) is 3.53. The molecule has 5 atom stereocenters. The number of imide groups is 1. The van der Waals surface area contributed by atoms with Crippen LogP contribution in [0.5, 0.6) is 0 Å². The first kappa shape index (κ1) is 23.3. The van der Waals surface area contributed by atoms with Crippen LogP contribution in [-0.4, -0.2) is 41.2 Å². The van der Waals surface area contributed by atoms with Crippen LogP contribution < -0.4 is 5.32 Å². The summed E-state index contributed by atoms with van der Waals surface area (Å²) in [5.41, 5.74) is 3.36. The number of carbonyl (C=O) groups excluding carboxylic acids is 4. The molecule has 0 aromatic heterocycles. The van der Waals surface area contributed by atoms with E-state index in [9.17, 15) is 19.2 Å². The van der Waals surface area contributed by atoms with Crippen LogP contribution in [0.3, 0.4) is 0 Å². The molecule has 1 N–H and O–H groups in total. The first-order chi connectivity index (χ1) is 16.8. The number of fused-ring (bicyclic) bond motifs is 5. The number of nitrogens with zero attached hydrogens (tertiary/aromatic N) is 1. The Kier molecular flexibility index (Phi) is 6.17. The first-order valence-corrected chi connectivity index (χ1v) is 12.3. The number of hydrogen-bond donors (Lipinski definition) is 1. The zero-order chi connectivity index (χ0) is 24.7. The van der Waals surface area contributed by atoms with Gasteiger partial charge in [-0.25, -0.2) is 4.79 Å². The standard InChI is InChI=1S/C28H30N2O5/c1-16-8-9-17(2)21(12-16)29-23(31)15-35-28(34)22(13-18-6-4-3-5-7-18)30-26(32)24-19-10-11-20(14-19)25(24)27(30)33/h3-9,12,19-20,22,24-25H,10-11,13-15H2,1-2H3,(H,29,31)/t19-,20-,22-,24+,25+/m0/s1. The predicted octanol–water partition coefficient (Wildman–Crippen LogP) is 3.43. The van der Waals surface area contributed by atoms with Crippen molar-refractivity contribution in [3.63, 3.8) is 0 Å². The Hall–Kier alpha value is -3.48. The molecular formula is C28H30N2O5. The van der Waals surface area contributed by atoms with Crippen LogP contribution >= 0.6 is 0 Å². The van der Waals surface area contributed by atoms with Gasteiger partial charge in [0.2, 0.25) is 11.8 Å². The van der Waals surface area contributed by atoms with E-state index in [1.165, 1.54) is 0 Å². The molecule has 182 valence electrons. The van der Waals surface area contributed by atoms with Crippen LogP contribution in [0.2, 0.25) is 0 Å². The number of carbonyl (C=O) groups is 4. The lowest BCUT2D eigenvalue weighted by atomic mass is 9.81. The van der Waals surface area contributed by atoms with E-state index < -0.39 is 24.5 Å². The zero-order valence-corrected chi connectivity index (χ0v) is 20.0. The van der Waals surface area contributed by atoms with Gasteiger partial charge in [0, 0.05) is 12.1 Å². The molecule has 5 rings (SSSR count). The van der Waals surface area contributed by atoms with Gasteiger partial charge in [-0.3, -0.25) is 19.3 Å². The second-order valence-electron chi connectivity index (χ2n) is 10.1. The molecular weight excluding hydrogens is 444 g/mol. The normalized spacial score (nSPS) is 25.5. The maximum atomic E-state index is 13.4. The lowest BCUT2D eigenvalue weighted by Gasteiger charge is -2.26. The number of benzene rings is 2. The second kappa shape index (κ2) is 9.29. The number of nitrogens with one attached hydrogen (secondary N) is 1. The Morgan fingerprint density at radius 3 is 2.31 bits per heavy atom. The van der Waals surface area contributed by atoms with Gasteiger partial charge in [-0.05, 0) is 67.7 Å². The van der Waals surface area contributed by atoms with Crippen molar-refractivity contribution < 1.29 is 23.9 Å². The maximum Gasteiger partial charge on any atom is 0.330 e. The van der Waals surface area contributed by atoms with Crippen LogP contribution in [0.1, 0.15) is 36.0 Å². The van der Waals surface area contributed by atoms with Crippen LogP contribution in [-0.2, 0) is 30.3 Å². The van der Waals surface area contributed by atoms with Crippen LogP contribution in [0, 0.1) is 37.5 Å². The van der Waals surface area contributed by atoms with E-state index in [1.54, 1.807) is 0 Å². The molecule has 7 nitrogen and oxygen atoms in total. The van der Waals surface area contributed by atoms with Gasteiger partial charge in [0.25, 0.3) is 5.91 Å². The highest BCUT2D eigenvalue weighted by Gasteiger charge is 2.62. The van der Waals surface area contributed by atoms with Gasteiger partial charge in [-0.15, -0.1) is 0 Å². The van der Waals surface area contributed by atoms with Gasteiger partial charge < -0.3 is 10.1 Å². The van der Waals surface area contributed by atoms with E-state index in [-0.39, 0.29) is 41.9 Å². The molecule has 0 spiro atoms. The van der Waals surface area contributed by atoms with Gasteiger partial charge in [0.05, 0.1) is 11.8 Å². The van der Waals surface area contributed by atoms with Crippen molar-refractivity contribution in [1.82, 2.24) is 4.90 Å². The second-order valence-corrected chi connectivity index (χ2v) is 10.1. The molecule has 3 aliphatic rings. The monoisotopic (exact) mass is 474 g/mol. The summed E-state index contributed by atoms with van der Waals surface area (Å²) in [6.45, 7) is 3.31. The number of rotatable bonds is 7. The van der Waals surface area contributed by atoms with Gasteiger partial charge in [-0.1, -0.05) is 42.5 Å². The molecule has 0 unspecified atom stereocenters. The Labute approximate surface area is 204 Å². The van der Waals surface area contributed by atoms with Crippen molar-refractivity contribution in [2.45, 2.75) is 45.6 Å². The Morgan fingerprint density at radius 1 is 1.00 bits per heavy atom. The fourth-order valence-electron chi connectivity index (χ4n) is 6.15. The summed E-state index contributed by atoms with van der Waals surface area (Å²) < 4.78 is 5.38. The quantitative estimate of drug-likeness (QED) is 0.490. The molecule has 3 fully saturated rings. The lowest BCUT2D eigenvalue weighted by Crippen LogP contribution is -2.48. The molecule has 0 radical (unpaired) electrons. The summed E-state index contributed by atoms with van der Waals surface area (Å²) in [4.78, 5) is 53.7. The predicted molar refractivity (Wildman–Crippen MR) is 129 cm³/mol. The summed E-state index contributed by atoms with van der Waals surface area (Å²) in [7, 11) is 0. The highest BCUT2D eigenvalue weighted by Crippen LogP contribution is 2.56. The van der Waals surface area contributed by atoms with Crippen molar-refractivity contribution in [3.05, 3.63) is 65.2 Å². The fourth-order valence-corrected chi connectivity index (χ4v) is 6.15. The lowest BCUT2D eigenvalue weighted by molar-refractivity contribution is -0.160. The molecule has 2 aromatic rings. The van der Waals surface area contributed by atoms with Crippen molar-refractivity contribution >= 4 is 29.4 Å². The number of esters is 1. The van der Waals surface area contributed by atoms with Gasteiger partial charge >= 0.3 is 5.97 Å². The van der Waals surface area contributed by atoms with Crippen LogP contribution in [0.25, 0.3) is 0 Å². The Morgan fingerprint density at radius 2 is 1.66 bits per heavy atom. The minimum Gasteiger partial charge on any atom is -0.454 e. The Bertz CT molecular complexity index is 1150. The number of likely N-dealkylation sites (tertiary alicyclic amines) is 1. The van der Waals surface area contributed by atoms with Crippen molar-refractivity contribution in [3.8, 4) is 0 Å². The summed E-state index contributed by atoms with van der Waals surface area (Å²) >= 11 is 0. The van der Waals surface area contributed by atoms with Crippen molar-refractivity contribution in [2.75, 3.05) is 11.9 Å². The molecule has 2 bridgehead atoms. The summed E-state index contributed by atoms with van der Waals surface area (Å²) in [6, 6.07) is 13.9. The third-order valence-electron chi connectivity index (χ3n) is 7.83. The third kappa shape index (κ3) is 4.35. The molecule has 1 aliphatic heterocycles. The summed E-state index contributed by atoms with van der Waals surface area (Å²) in [6.07, 6.45) is 3.01. The van der Waals surface area contributed by atoms with E-state index in [1.807, 2.05) is 62.4 Å². The molecule has 2 aromatic carbocycles. The number of ether oxygens (including phenoxy) is 1. The van der Waals surface area contributed by atoms with Crippen LogP contribution in [0.15, 0.2) is 48.5 Å². The highest BCUT2D eigenvalue weighted by molar-refractivity contribution is 6.08. The minimum absolute atomic E-state index is 0.157. The van der Waals surface area contributed by atoms with Crippen LogP contribution in [0.4, 0.5) is 5.69 Å². The van der Waals surface area contributed by atoms with E-state index in [0.29, 0.717) is 5.69 Å². The number of aryl methyl sites for hydroxylation is 2. The molecule has 1 heterocycles. The molecule has 2 aliphatic carbocycles. The SMILES string of the molecule is Cc1ccc(C)c(NC(=O)COC(=O)[C@H](Cc2ccccc2)N2C(=O)[C@@H]3[C@H]4CC[C@@H](C4)[C@H]3C2=O)c1. The summed E-state index contributed by atoms with van der Waals surface area (Å²) in [5, 5.41) is 2.77. The number of anilines is 1. The summed E-state index contributed by atoms with van der Waals surface area (Å²) in [5.74, 6) is -1.92.